The molecule has 3 rings (SSSR count). The van der Waals surface area contributed by atoms with Crippen molar-refractivity contribution in [2.75, 3.05) is 10.6 Å². The molecule has 0 aliphatic rings. The topological polar surface area (TPSA) is 118 Å². The average Bonchev–Trinajstić information content (AvgIpc) is 3.16. The first-order valence-corrected chi connectivity index (χ1v) is 10.2. The molecular formula is C19H19N3O5S2. The number of rotatable bonds is 4. The lowest BCUT2D eigenvalue weighted by molar-refractivity contribution is 0.0634. The van der Waals surface area contributed by atoms with Crippen molar-refractivity contribution >= 4 is 61.5 Å². The molecule has 152 valence electrons. The number of thiophene rings is 1. The predicted octanol–water partition coefficient (Wildman–Crippen LogP) is 4.96. The number of carbonyl (C=O) groups is 3. The molecule has 0 spiro atoms. The fourth-order valence-electron chi connectivity index (χ4n) is 2.47. The van der Waals surface area contributed by atoms with Gasteiger partial charge in [-0.2, -0.15) is 0 Å². The molecule has 2 amide bonds. The zero-order valence-corrected chi connectivity index (χ0v) is 17.8. The van der Waals surface area contributed by atoms with Crippen molar-refractivity contribution in [2.24, 2.45) is 0 Å². The number of nitrogens with zero attached hydrogens (tertiary/aromatic N) is 1. The first kappa shape index (κ1) is 20.7. The highest BCUT2D eigenvalue weighted by Gasteiger charge is 2.20. The number of carboxylic acids is 1. The van der Waals surface area contributed by atoms with Crippen molar-refractivity contribution in [1.29, 1.82) is 0 Å². The van der Waals surface area contributed by atoms with E-state index in [1.807, 2.05) is 0 Å². The number of hydrogen-bond donors (Lipinski definition) is 3. The van der Waals surface area contributed by atoms with Gasteiger partial charge in [0.25, 0.3) is 5.91 Å². The van der Waals surface area contributed by atoms with Crippen LogP contribution >= 0.6 is 22.7 Å². The van der Waals surface area contributed by atoms with Crippen LogP contribution in [-0.2, 0) is 4.74 Å². The van der Waals surface area contributed by atoms with E-state index in [0.29, 0.717) is 16.3 Å². The van der Waals surface area contributed by atoms with Crippen LogP contribution in [0.5, 0.6) is 0 Å². The third-order valence-corrected chi connectivity index (χ3v) is 5.77. The third-order valence-electron chi connectivity index (χ3n) is 3.60. The fourth-order valence-corrected chi connectivity index (χ4v) is 4.20. The van der Waals surface area contributed by atoms with E-state index in [9.17, 15) is 14.4 Å². The lowest BCUT2D eigenvalue weighted by Crippen LogP contribution is -2.27. The molecule has 29 heavy (non-hydrogen) atoms. The van der Waals surface area contributed by atoms with Crippen molar-refractivity contribution < 1.29 is 24.2 Å². The SMILES string of the molecule is Cc1nc(NC(=O)OC(C)(C)C)sc1C(=O)Nc1ccc2sc(C(=O)O)cc2c1. The molecular weight excluding hydrogens is 414 g/mol. The van der Waals surface area contributed by atoms with E-state index in [1.165, 1.54) is 11.3 Å². The largest absolute Gasteiger partial charge is 0.477 e. The Hall–Kier alpha value is -2.98. The van der Waals surface area contributed by atoms with Gasteiger partial charge in [0.1, 0.15) is 15.4 Å². The quantitative estimate of drug-likeness (QED) is 0.535. The second kappa shape index (κ2) is 7.80. The smallest absolute Gasteiger partial charge is 0.413 e. The predicted molar refractivity (Wildman–Crippen MR) is 113 cm³/mol. The van der Waals surface area contributed by atoms with E-state index in [4.69, 9.17) is 9.84 Å². The summed E-state index contributed by atoms with van der Waals surface area (Å²) in [6.45, 7) is 6.93. The molecule has 0 unspecified atom stereocenters. The molecule has 8 nitrogen and oxygen atoms in total. The minimum absolute atomic E-state index is 0.236. The summed E-state index contributed by atoms with van der Waals surface area (Å²) in [4.78, 5) is 40.4. The summed E-state index contributed by atoms with van der Waals surface area (Å²) in [6.07, 6.45) is -0.643. The van der Waals surface area contributed by atoms with Gasteiger partial charge in [-0.05, 0) is 57.3 Å². The van der Waals surface area contributed by atoms with Crippen LogP contribution in [0, 0.1) is 6.92 Å². The maximum Gasteiger partial charge on any atom is 0.413 e. The van der Waals surface area contributed by atoms with Crippen LogP contribution in [0.15, 0.2) is 24.3 Å². The Labute approximate surface area is 174 Å². The van der Waals surface area contributed by atoms with Gasteiger partial charge >= 0.3 is 12.1 Å². The molecule has 0 saturated heterocycles. The Bertz CT molecular complexity index is 1110. The molecule has 0 radical (unpaired) electrons. The number of thiazole rings is 1. The van der Waals surface area contributed by atoms with Gasteiger partial charge in [-0.3, -0.25) is 10.1 Å². The Kier molecular flexibility index (Phi) is 5.58. The highest BCUT2D eigenvalue weighted by atomic mass is 32.1. The highest BCUT2D eigenvalue weighted by molar-refractivity contribution is 7.20. The number of ether oxygens (including phenoxy) is 1. The number of fused-ring (bicyclic) bond motifs is 1. The highest BCUT2D eigenvalue weighted by Crippen LogP contribution is 2.29. The van der Waals surface area contributed by atoms with Gasteiger partial charge in [-0.25, -0.2) is 14.6 Å². The van der Waals surface area contributed by atoms with Crippen LogP contribution in [0.25, 0.3) is 10.1 Å². The number of aromatic carboxylic acids is 1. The summed E-state index contributed by atoms with van der Waals surface area (Å²) >= 11 is 2.21. The zero-order valence-electron chi connectivity index (χ0n) is 16.2. The number of benzene rings is 1. The molecule has 2 aromatic heterocycles. The van der Waals surface area contributed by atoms with Crippen molar-refractivity contribution in [1.82, 2.24) is 4.98 Å². The molecule has 0 fully saturated rings. The van der Waals surface area contributed by atoms with Crippen molar-refractivity contribution in [2.45, 2.75) is 33.3 Å². The minimum atomic E-state index is -0.984. The Morgan fingerprint density at radius 3 is 2.48 bits per heavy atom. The van der Waals surface area contributed by atoms with Gasteiger partial charge in [0, 0.05) is 10.4 Å². The van der Waals surface area contributed by atoms with Gasteiger partial charge in [0.15, 0.2) is 5.13 Å². The lowest BCUT2D eigenvalue weighted by atomic mass is 10.2. The summed E-state index contributed by atoms with van der Waals surface area (Å²) in [7, 11) is 0. The van der Waals surface area contributed by atoms with E-state index in [-0.39, 0.29) is 15.9 Å². The second-order valence-electron chi connectivity index (χ2n) is 7.18. The monoisotopic (exact) mass is 433 g/mol. The normalized spacial score (nSPS) is 11.3. The van der Waals surface area contributed by atoms with Crippen LogP contribution in [0.1, 0.15) is 45.8 Å². The number of aromatic nitrogens is 1. The van der Waals surface area contributed by atoms with Crippen LogP contribution in [0.4, 0.5) is 15.6 Å². The Morgan fingerprint density at radius 1 is 1.10 bits per heavy atom. The summed E-state index contributed by atoms with van der Waals surface area (Å²) < 4.78 is 6.00. The average molecular weight is 434 g/mol. The lowest BCUT2D eigenvalue weighted by Gasteiger charge is -2.18. The molecule has 0 atom stereocenters. The first-order chi connectivity index (χ1) is 13.5. The zero-order chi connectivity index (χ0) is 21.3. The minimum Gasteiger partial charge on any atom is -0.477 e. The van der Waals surface area contributed by atoms with E-state index in [0.717, 1.165) is 21.4 Å². The van der Waals surface area contributed by atoms with E-state index < -0.39 is 17.7 Å². The number of carbonyl (C=O) groups excluding carboxylic acids is 2. The summed E-state index contributed by atoms with van der Waals surface area (Å²) in [6, 6.07) is 6.75. The van der Waals surface area contributed by atoms with E-state index in [2.05, 4.69) is 15.6 Å². The first-order valence-electron chi connectivity index (χ1n) is 8.57. The van der Waals surface area contributed by atoms with Crippen LogP contribution in [0.2, 0.25) is 0 Å². The van der Waals surface area contributed by atoms with Crippen LogP contribution < -0.4 is 10.6 Å². The Morgan fingerprint density at radius 2 is 1.83 bits per heavy atom. The van der Waals surface area contributed by atoms with E-state index in [1.54, 1.807) is 52.0 Å². The molecule has 3 N–H and O–H groups in total. The van der Waals surface area contributed by atoms with Crippen LogP contribution in [0.3, 0.4) is 0 Å². The van der Waals surface area contributed by atoms with Crippen molar-refractivity contribution in [3.8, 4) is 0 Å². The molecule has 0 aliphatic carbocycles. The van der Waals surface area contributed by atoms with Gasteiger partial charge in [-0.15, -0.1) is 11.3 Å². The number of nitrogens with one attached hydrogen (secondary N) is 2. The maximum atomic E-state index is 12.6. The standard InChI is InChI=1S/C19H19N3O5S2/c1-9-14(29-17(20-9)22-18(26)27-19(2,3)4)15(23)21-11-5-6-12-10(7-11)8-13(28-12)16(24)25/h5-8H,1-4H3,(H,21,23)(H,24,25)(H,20,22,26). The number of carboxylic acid groups (broad SMARTS) is 1. The van der Waals surface area contributed by atoms with E-state index >= 15 is 0 Å². The molecule has 0 saturated carbocycles. The number of hydrogen-bond acceptors (Lipinski definition) is 7. The Balaban J connectivity index is 1.74. The van der Waals surface area contributed by atoms with Crippen molar-refractivity contribution in [3.63, 3.8) is 0 Å². The van der Waals surface area contributed by atoms with Gasteiger partial charge in [0.05, 0.1) is 5.69 Å². The molecule has 2 heterocycles. The maximum absolute atomic E-state index is 12.6. The van der Waals surface area contributed by atoms with Gasteiger partial charge < -0.3 is 15.2 Å². The molecule has 3 aromatic rings. The summed E-state index contributed by atoms with van der Waals surface area (Å²) in [5, 5.41) is 15.4. The number of aryl methyl sites for hydroxylation is 1. The third kappa shape index (κ3) is 5.09. The number of anilines is 2. The summed E-state index contributed by atoms with van der Waals surface area (Å²) in [5.74, 6) is -1.35. The van der Waals surface area contributed by atoms with Crippen molar-refractivity contribution in [3.05, 3.63) is 39.7 Å². The van der Waals surface area contributed by atoms with Gasteiger partial charge in [0.2, 0.25) is 0 Å². The number of amides is 2. The fraction of sp³-hybridized carbons (Fsp3) is 0.263. The molecule has 0 bridgehead atoms. The molecule has 1 aromatic carbocycles. The summed E-state index contributed by atoms with van der Waals surface area (Å²) in [5.41, 5.74) is 0.368. The second-order valence-corrected chi connectivity index (χ2v) is 9.27. The van der Waals surface area contributed by atoms with Gasteiger partial charge in [-0.1, -0.05) is 11.3 Å². The van der Waals surface area contributed by atoms with Crippen LogP contribution in [-0.4, -0.2) is 33.7 Å². The molecule has 0 aliphatic heterocycles. The molecule has 10 heteroatoms.